The lowest BCUT2D eigenvalue weighted by molar-refractivity contribution is 0.0821. The third kappa shape index (κ3) is 4.47. The SMILES string of the molecule is CCCNCc1ccc(Br)cc1N1CCCOC(C)C1. The van der Waals surface area contributed by atoms with Gasteiger partial charge in [0.15, 0.2) is 0 Å². The molecule has 1 aromatic carbocycles. The van der Waals surface area contributed by atoms with Crippen molar-refractivity contribution in [2.75, 3.05) is 31.1 Å². The van der Waals surface area contributed by atoms with E-state index in [0.717, 1.165) is 43.7 Å². The molecule has 1 aliphatic heterocycles. The molecule has 0 spiro atoms. The van der Waals surface area contributed by atoms with E-state index >= 15 is 0 Å². The second-order valence-electron chi connectivity index (χ2n) is 5.43. The maximum Gasteiger partial charge on any atom is 0.0721 e. The summed E-state index contributed by atoms with van der Waals surface area (Å²) < 4.78 is 6.90. The van der Waals surface area contributed by atoms with Crippen LogP contribution >= 0.6 is 15.9 Å². The molecule has 0 amide bonds. The Morgan fingerprint density at radius 2 is 2.30 bits per heavy atom. The summed E-state index contributed by atoms with van der Waals surface area (Å²) in [7, 11) is 0. The molecule has 1 aliphatic rings. The van der Waals surface area contributed by atoms with E-state index in [4.69, 9.17) is 4.74 Å². The van der Waals surface area contributed by atoms with Crippen molar-refractivity contribution in [2.24, 2.45) is 0 Å². The van der Waals surface area contributed by atoms with Crippen molar-refractivity contribution in [1.82, 2.24) is 5.32 Å². The molecular weight excluding hydrogens is 316 g/mol. The molecule has 1 fully saturated rings. The fourth-order valence-electron chi connectivity index (χ4n) is 2.59. The van der Waals surface area contributed by atoms with Crippen LogP contribution in [0.15, 0.2) is 22.7 Å². The molecule has 112 valence electrons. The minimum absolute atomic E-state index is 0.299. The topological polar surface area (TPSA) is 24.5 Å². The first-order chi connectivity index (χ1) is 9.70. The highest BCUT2D eigenvalue weighted by Crippen LogP contribution is 2.27. The van der Waals surface area contributed by atoms with Gasteiger partial charge in [0.25, 0.3) is 0 Å². The zero-order valence-corrected chi connectivity index (χ0v) is 14.1. The summed E-state index contributed by atoms with van der Waals surface area (Å²) in [6, 6.07) is 6.59. The molecule has 3 nitrogen and oxygen atoms in total. The van der Waals surface area contributed by atoms with E-state index in [9.17, 15) is 0 Å². The normalized spacial score (nSPS) is 19.9. The highest BCUT2D eigenvalue weighted by Gasteiger charge is 2.18. The van der Waals surface area contributed by atoms with Gasteiger partial charge in [0.2, 0.25) is 0 Å². The van der Waals surface area contributed by atoms with Crippen molar-refractivity contribution in [1.29, 1.82) is 0 Å². The number of hydrogen-bond acceptors (Lipinski definition) is 3. The Morgan fingerprint density at radius 1 is 1.45 bits per heavy atom. The number of benzene rings is 1. The lowest BCUT2D eigenvalue weighted by atomic mass is 10.1. The van der Waals surface area contributed by atoms with E-state index in [2.05, 4.69) is 58.2 Å². The quantitative estimate of drug-likeness (QED) is 0.829. The van der Waals surface area contributed by atoms with Crippen molar-refractivity contribution < 1.29 is 4.74 Å². The average Bonchev–Trinajstić information content (AvgIpc) is 2.65. The first kappa shape index (κ1) is 15.8. The summed E-state index contributed by atoms with van der Waals surface area (Å²) in [5.41, 5.74) is 2.70. The van der Waals surface area contributed by atoms with E-state index in [0.29, 0.717) is 6.10 Å². The molecule has 1 atom stereocenters. The van der Waals surface area contributed by atoms with Gasteiger partial charge in [-0.15, -0.1) is 0 Å². The maximum atomic E-state index is 5.75. The Balaban J connectivity index is 2.16. The van der Waals surface area contributed by atoms with Crippen LogP contribution in [0.4, 0.5) is 5.69 Å². The minimum Gasteiger partial charge on any atom is -0.377 e. The molecule has 0 radical (unpaired) electrons. The summed E-state index contributed by atoms with van der Waals surface area (Å²) in [6.45, 7) is 9.26. The van der Waals surface area contributed by atoms with Gasteiger partial charge in [0, 0.05) is 36.4 Å². The van der Waals surface area contributed by atoms with Crippen molar-refractivity contribution in [3.05, 3.63) is 28.2 Å². The van der Waals surface area contributed by atoms with Gasteiger partial charge in [-0.25, -0.2) is 0 Å². The lowest BCUT2D eigenvalue weighted by Crippen LogP contribution is -2.31. The largest absolute Gasteiger partial charge is 0.377 e. The minimum atomic E-state index is 0.299. The number of ether oxygens (including phenoxy) is 1. The predicted octanol–water partition coefficient (Wildman–Crippen LogP) is 3.56. The standard InChI is InChI=1S/C16H25BrN2O/c1-3-7-18-11-14-5-6-15(17)10-16(14)19-8-4-9-20-13(2)12-19/h5-6,10,13,18H,3-4,7-9,11-12H2,1-2H3. The van der Waals surface area contributed by atoms with Crippen LogP contribution in [0.25, 0.3) is 0 Å². The van der Waals surface area contributed by atoms with Crippen LogP contribution in [0.2, 0.25) is 0 Å². The summed E-state index contributed by atoms with van der Waals surface area (Å²) in [5, 5.41) is 3.50. The highest BCUT2D eigenvalue weighted by atomic mass is 79.9. The van der Waals surface area contributed by atoms with Crippen molar-refractivity contribution in [3.8, 4) is 0 Å². The monoisotopic (exact) mass is 340 g/mol. The van der Waals surface area contributed by atoms with Crippen LogP contribution in [0.1, 0.15) is 32.3 Å². The van der Waals surface area contributed by atoms with Crippen LogP contribution in [0.3, 0.4) is 0 Å². The predicted molar refractivity (Wildman–Crippen MR) is 88.4 cm³/mol. The number of nitrogens with zero attached hydrogens (tertiary/aromatic N) is 1. The third-order valence-electron chi connectivity index (χ3n) is 3.58. The summed E-state index contributed by atoms with van der Waals surface area (Å²) in [6.07, 6.45) is 2.56. The van der Waals surface area contributed by atoms with Crippen LogP contribution < -0.4 is 10.2 Å². The van der Waals surface area contributed by atoms with Crippen LogP contribution in [-0.4, -0.2) is 32.3 Å². The highest BCUT2D eigenvalue weighted by molar-refractivity contribution is 9.10. The van der Waals surface area contributed by atoms with Crippen molar-refractivity contribution in [2.45, 2.75) is 39.3 Å². The molecule has 1 N–H and O–H groups in total. The van der Waals surface area contributed by atoms with Gasteiger partial charge in [-0.1, -0.05) is 28.9 Å². The second kappa shape index (κ2) is 8.01. The molecule has 1 unspecified atom stereocenters. The lowest BCUT2D eigenvalue weighted by Gasteiger charge is -2.27. The molecule has 1 saturated heterocycles. The van der Waals surface area contributed by atoms with E-state index in [1.807, 2.05) is 0 Å². The summed E-state index contributed by atoms with van der Waals surface area (Å²) in [4.78, 5) is 2.46. The first-order valence-electron chi connectivity index (χ1n) is 7.56. The van der Waals surface area contributed by atoms with E-state index < -0.39 is 0 Å². The first-order valence-corrected chi connectivity index (χ1v) is 8.35. The van der Waals surface area contributed by atoms with Gasteiger partial charge in [-0.2, -0.15) is 0 Å². The number of nitrogens with one attached hydrogen (secondary N) is 1. The van der Waals surface area contributed by atoms with Crippen molar-refractivity contribution in [3.63, 3.8) is 0 Å². The smallest absolute Gasteiger partial charge is 0.0721 e. The molecule has 2 rings (SSSR count). The molecule has 4 heteroatoms. The Hall–Kier alpha value is -0.580. The Kier molecular flexibility index (Phi) is 6.33. The Morgan fingerprint density at radius 3 is 3.10 bits per heavy atom. The Labute approximate surface area is 130 Å². The van der Waals surface area contributed by atoms with E-state index in [1.165, 1.54) is 17.7 Å². The fourth-order valence-corrected chi connectivity index (χ4v) is 2.94. The van der Waals surface area contributed by atoms with Gasteiger partial charge in [-0.05, 0) is 44.0 Å². The molecule has 0 saturated carbocycles. The molecule has 1 aromatic rings. The fraction of sp³-hybridized carbons (Fsp3) is 0.625. The van der Waals surface area contributed by atoms with Crippen molar-refractivity contribution >= 4 is 21.6 Å². The average molecular weight is 341 g/mol. The van der Waals surface area contributed by atoms with Crippen LogP contribution in [0, 0.1) is 0 Å². The summed E-state index contributed by atoms with van der Waals surface area (Å²) in [5.74, 6) is 0. The summed E-state index contributed by atoms with van der Waals surface area (Å²) >= 11 is 3.60. The van der Waals surface area contributed by atoms with Gasteiger partial charge in [0.05, 0.1) is 6.10 Å². The zero-order valence-electron chi connectivity index (χ0n) is 12.5. The number of anilines is 1. The number of halogens is 1. The van der Waals surface area contributed by atoms with E-state index in [-0.39, 0.29) is 0 Å². The molecule has 0 aromatic heterocycles. The maximum absolute atomic E-state index is 5.75. The van der Waals surface area contributed by atoms with Gasteiger partial charge >= 0.3 is 0 Å². The number of rotatable bonds is 5. The van der Waals surface area contributed by atoms with Gasteiger partial charge in [0.1, 0.15) is 0 Å². The van der Waals surface area contributed by atoms with Gasteiger partial charge in [-0.3, -0.25) is 0 Å². The van der Waals surface area contributed by atoms with Crippen LogP contribution in [0.5, 0.6) is 0 Å². The van der Waals surface area contributed by atoms with E-state index in [1.54, 1.807) is 0 Å². The van der Waals surface area contributed by atoms with Gasteiger partial charge < -0.3 is 15.0 Å². The molecule has 1 heterocycles. The third-order valence-corrected chi connectivity index (χ3v) is 4.08. The van der Waals surface area contributed by atoms with Crippen LogP contribution in [-0.2, 0) is 11.3 Å². The molecule has 0 bridgehead atoms. The second-order valence-corrected chi connectivity index (χ2v) is 6.35. The Bertz CT molecular complexity index is 425. The molecular formula is C16H25BrN2O. The molecule has 20 heavy (non-hydrogen) atoms. The zero-order chi connectivity index (χ0) is 14.4. The number of hydrogen-bond donors (Lipinski definition) is 1. The molecule has 0 aliphatic carbocycles.